The van der Waals surface area contributed by atoms with Crippen molar-refractivity contribution in [2.24, 2.45) is 0 Å². The number of ether oxygens (including phenoxy) is 2. The Bertz CT molecular complexity index is 1340. The van der Waals surface area contributed by atoms with E-state index in [1.807, 2.05) is 31.2 Å². The van der Waals surface area contributed by atoms with Crippen LogP contribution in [0.1, 0.15) is 28.5 Å². The third-order valence-corrected chi connectivity index (χ3v) is 5.61. The van der Waals surface area contributed by atoms with E-state index in [9.17, 15) is 14.4 Å². The third-order valence-electron chi connectivity index (χ3n) is 4.81. The Balaban J connectivity index is 1.34. The Kier molecular flexibility index (Phi) is 6.98. The molecule has 9 nitrogen and oxygen atoms in total. The van der Waals surface area contributed by atoms with E-state index in [4.69, 9.17) is 9.47 Å². The first-order valence-corrected chi connectivity index (χ1v) is 11.4. The van der Waals surface area contributed by atoms with E-state index in [2.05, 4.69) is 20.3 Å². The normalized spacial score (nSPS) is 10.8. The molecule has 0 aliphatic heterocycles. The van der Waals surface area contributed by atoms with Crippen LogP contribution in [0.2, 0.25) is 0 Å². The molecule has 2 aromatic carbocycles. The van der Waals surface area contributed by atoms with Crippen molar-refractivity contribution in [3.8, 4) is 11.4 Å². The van der Waals surface area contributed by atoms with E-state index in [0.717, 1.165) is 11.1 Å². The molecule has 4 rings (SSSR count). The van der Waals surface area contributed by atoms with Crippen LogP contribution in [0.5, 0.6) is 0 Å². The molecule has 1 amide bonds. The van der Waals surface area contributed by atoms with Gasteiger partial charge < -0.3 is 14.5 Å². The van der Waals surface area contributed by atoms with Crippen LogP contribution in [0.3, 0.4) is 0 Å². The van der Waals surface area contributed by atoms with Gasteiger partial charge in [0.2, 0.25) is 0 Å². The molecule has 0 radical (unpaired) electrons. The molecule has 2 heterocycles. The lowest BCUT2D eigenvalue weighted by Crippen LogP contribution is -2.21. The van der Waals surface area contributed by atoms with E-state index >= 15 is 0 Å². The molecule has 34 heavy (non-hydrogen) atoms. The molecule has 0 saturated heterocycles. The van der Waals surface area contributed by atoms with Crippen LogP contribution >= 0.6 is 11.3 Å². The number of amides is 1. The largest absolute Gasteiger partial charge is 0.466 e. The molecule has 0 aliphatic rings. The van der Waals surface area contributed by atoms with Gasteiger partial charge in [-0.1, -0.05) is 29.8 Å². The monoisotopic (exact) mass is 478 g/mol. The van der Waals surface area contributed by atoms with Crippen molar-refractivity contribution in [1.82, 2.24) is 15.0 Å². The number of aryl methyl sites for hydroxylation is 1. The Labute approximate surface area is 199 Å². The molecule has 0 unspecified atom stereocenters. The fraction of sp³-hybridized carbons (Fsp3) is 0.208. The number of H-pyrrole nitrogens is 1. The van der Waals surface area contributed by atoms with Crippen molar-refractivity contribution in [3.63, 3.8) is 0 Å². The topological polar surface area (TPSA) is 123 Å². The fourth-order valence-electron chi connectivity index (χ4n) is 3.16. The van der Waals surface area contributed by atoms with Crippen LogP contribution in [0.15, 0.2) is 47.8 Å². The summed E-state index contributed by atoms with van der Waals surface area (Å²) in [4.78, 5) is 48.0. The van der Waals surface area contributed by atoms with Crippen LogP contribution in [0, 0.1) is 6.92 Å². The van der Waals surface area contributed by atoms with Crippen molar-refractivity contribution in [1.29, 1.82) is 0 Å². The highest BCUT2D eigenvalue weighted by atomic mass is 32.1. The SMILES string of the molecule is CCOC(=O)Cc1csc(NC(=O)COC(=O)c2ccc3nc(-c4ccc(C)cc4)[nH]c3c2)n1. The number of esters is 2. The van der Waals surface area contributed by atoms with Crippen molar-refractivity contribution >= 4 is 45.3 Å². The van der Waals surface area contributed by atoms with Gasteiger partial charge in [-0.2, -0.15) is 0 Å². The van der Waals surface area contributed by atoms with Crippen molar-refractivity contribution in [2.45, 2.75) is 20.3 Å². The number of thiazole rings is 1. The molecule has 0 bridgehead atoms. The average Bonchev–Trinajstić information content (AvgIpc) is 3.44. The lowest BCUT2D eigenvalue weighted by molar-refractivity contribution is -0.142. The lowest BCUT2D eigenvalue weighted by atomic mass is 10.1. The maximum Gasteiger partial charge on any atom is 0.338 e. The highest BCUT2D eigenvalue weighted by molar-refractivity contribution is 7.13. The van der Waals surface area contributed by atoms with E-state index in [0.29, 0.717) is 39.9 Å². The van der Waals surface area contributed by atoms with Gasteiger partial charge in [0.15, 0.2) is 11.7 Å². The number of rotatable bonds is 8. The van der Waals surface area contributed by atoms with Gasteiger partial charge in [-0.15, -0.1) is 11.3 Å². The molecule has 0 spiro atoms. The average molecular weight is 479 g/mol. The van der Waals surface area contributed by atoms with Crippen LogP contribution in [0.25, 0.3) is 22.4 Å². The summed E-state index contributed by atoms with van der Waals surface area (Å²) in [7, 11) is 0. The summed E-state index contributed by atoms with van der Waals surface area (Å²) in [6, 6.07) is 12.9. The quantitative estimate of drug-likeness (QED) is 0.368. The zero-order valence-corrected chi connectivity index (χ0v) is 19.4. The predicted molar refractivity (Wildman–Crippen MR) is 128 cm³/mol. The maximum atomic E-state index is 12.4. The predicted octanol–water partition coefficient (Wildman–Crippen LogP) is 3.90. The summed E-state index contributed by atoms with van der Waals surface area (Å²) in [6.07, 6.45) is 0.0247. The number of hydrogen-bond donors (Lipinski definition) is 2. The summed E-state index contributed by atoms with van der Waals surface area (Å²) in [5.74, 6) is -0.856. The molecular formula is C24H22N4O5S. The fourth-order valence-corrected chi connectivity index (χ4v) is 3.89. The summed E-state index contributed by atoms with van der Waals surface area (Å²) >= 11 is 1.17. The molecule has 10 heteroatoms. The highest BCUT2D eigenvalue weighted by Crippen LogP contribution is 2.22. The highest BCUT2D eigenvalue weighted by Gasteiger charge is 2.15. The van der Waals surface area contributed by atoms with Gasteiger partial charge >= 0.3 is 11.9 Å². The Morgan fingerprint density at radius 1 is 1.06 bits per heavy atom. The number of carbonyl (C=O) groups excluding carboxylic acids is 3. The van der Waals surface area contributed by atoms with Crippen LogP contribution in [0.4, 0.5) is 5.13 Å². The molecular weight excluding hydrogens is 456 g/mol. The summed E-state index contributed by atoms with van der Waals surface area (Å²) in [6.45, 7) is 3.56. The van der Waals surface area contributed by atoms with Gasteiger partial charge in [0, 0.05) is 10.9 Å². The maximum absolute atomic E-state index is 12.4. The summed E-state index contributed by atoms with van der Waals surface area (Å²) < 4.78 is 10.0. The number of nitrogens with zero attached hydrogens (tertiary/aromatic N) is 2. The van der Waals surface area contributed by atoms with Crippen molar-refractivity contribution in [3.05, 3.63) is 64.7 Å². The molecule has 0 aliphatic carbocycles. The smallest absolute Gasteiger partial charge is 0.338 e. The van der Waals surface area contributed by atoms with Crippen LogP contribution < -0.4 is 5.32 Å². The Morgan fingerprint density at radius 2 is 1.85 bits per heavy atom. The van der Waals surface area contributed by atoms with E-state index < -0.39 is 18.5 Å². The number of hydrogen-bond acceptors (Lipinski definition) is 8. The molecule has 2 aromatic heterocycles. The van der Waals surface area contributed by atoms with E-state index in [-0.39, 0.29) is 12.4 Å². The Hall–Kier alpha value is -4.05. The zero-order chi connectivity index (χ0) is 24.1. The van der Waals surface area contributed by atoms with Gasteiger partial charge in [0.1, 0.15) is 5.82 Å². The number of fused-ring (bicyclic) bond motifs is 1. The van der Waals surface area contributed by atoms with Crippen LogP contribution in [-0.2, 0) is 25.5 Å². The minimum atomic E-state index is -0.634. The minimum absolute atomic E-state index is 0.0247. The van der Waals surface area contributed by atoms with Gasteiger partial charge in [0.05, 0.1) is 35.3 Å². The minimum Gasteiger partial charge on any atom is -0.466 e. The first kappa shape index (κ1) is 23.1. The number of nitrogens with one attached hydrogen (secondary N) is 2. The number of aromatic amines is 1. The summed E-state index contributed by atoms with van der Waals surface area (Å²) in [5.41, 5.74) is 4.29. The molecule has 4 aromatic rings. The molecule has 2 N–H and O–H groups in total. The van der Waals surface area contributed by atoms with E-state index in [1.165, 1.54) is 11.3 Å². The lowest BCUT2D eigenvalue weighted by Gasteiger charge is -2.05. The van der Waals surface area contributed by atoms with Gasteiger partial charge in [-0.05, 0) is 32.0 Å². The second kappa shape index (κ2) is 10.3. The number of carbonyl (C=O) groups is 3. The standard InChI is InChI=1S/C24H22N4O5S/c1-3-32-21(30)11-17-13-34-24(25-17)28-20(29)12-33-23(31)16-8-9-18-19(10-16)27-22(26-18)15-6-4-14(2)5-7-15/h4-10,13H,3,11-12H2,1-2H3,(H,26,27)(H,25,28,29). The number of anilines is 1. The molecule has 0 fully saturated rings. The van der Waals surface area contributed by atoms with Gasteiger partial charge in [-0.25, -0.2) is 14.8 Å². The number of benzene rings is 2. The number of imidazole rings is 1. The molecule has 0 saturated carbocycles. The zero-order valence-electron chi connectivity index (χ0n) is 18.6. The van der Waals surface area contributed by atoms with Gasteiger partial charge in [0.25, 0.3) is 5.91 Å². The second-order valence-electron chi connectivity index (χ2n) is 7.43. The van der Waals surface area contributed by atoms with Crippen molar-refractivity contribution < 1.29 is 23.9 Å². The number of aromatic nitrogens is 3. The van der Waals surface area contributed by atoms with E-state index in [1.54, 1.807) is 30.5 Å². The molecule has 174 valence electrons. The van der Waals surface area contributed by atoms with Crippen molar-refractivity contribution in [2.75, 3.05) is 18.5 Å². The third kappa shape index (κ3) is 5.65. The van der Waals surface area contributed by atoms with Crippen LogP contribution in [-0.4, -0.2) is 46.0 Å². The summed E-state index contributed by atoms with van der Waals surface area (Å²) in [5, 5.41) is 4.52. The second-order valence-corrected chi connectivity index (χ2v) is 8.29. The molecule has 0 atom stereocenters. The first-order valence-electron chi connectivity index (χ1n) is 10.5. The van der Waals surface area contributed by atoms with Gasteiger partial charge in [-0.3, -0.25) is 14.9 Å². The Morgan fingerprint density at radius 3 is 2.62 bits per heavy atom. The first-order chi connectivity index (χ1) is 16.4.